The molecule has 0 amide bonds. The Labute approximate surface area is 114 Å². The van der Waals surface area contributed by atoms with Gasteiger partial charge in [0.15, 0.2) is 0 Å². The van der Waals surface area contributed by atoms with E-state index >= 15 is 0 Å². The summed E-state index contributed by atoms with van der Waals surface area (Å²) < 4.78 is 33.2. The van der Waals surface area contributed by atoms with E-state index in [1.54, 1.807) is 0 Å². The molecule has 2 unspecified atom stereocenters. The van der Waals surface area contributed by atoms with Crippen molar-refractivity contribution in [3.8, 4) is 0 Å². The molecular formula is C13H16BrF2NO. The fourth-order valence-corrected chi connectivity index (χ4v) is 2.45. The van der Waals surface area contributed by atoms with E-state index in [0.29, 0.717) is 5.92 Å². The molecule has 0 bridgehead atoms. The molecule has 18 heavy (non-hydrogen) atoms. The Morgan fingerprint density at radius 1 is 1.44 bits per heavy atom. The average Bonchev–Trinajstić information content (AvgIpc) is 2.36. The summed E-state index contributed by atoms with van der Waals surface area (Å²) in [5, 5.41) is 3.22. The van der Waals surface area contributed by atoms with E-state index in [2.05, 4.69) is 28.2 Å². The predicted octanol–water partition coefficient (Wildman–Crippen LogP) is 3.24. The second-order valence-corrected chi connectivity index (χ2v) is 5.50. The maximum atomic E-state index is 13.7. The third-order valence-electron chi connectivity index (χ3n) is 3.34. The first-order valence-electron chi connectivity index (χ1n) is 6.04. The Bertz CT molecular complexity index is 428. The molecule has 1 N–H and O–H groups in total. The van der Waals surface area contributed by atoms with Crippen molar-refractivity contribution in [1.82, 2.24) is 5.32 Å². The molecule has 1 aromatic carbocycles. The second-order valence-electron chi connectivity index (χ2n) is 4.64. The minimum Gasteiger partial charge on any atom is -0.372 e. The quantitative estimate of drug-likeness (QED) is 0.864. The lowest BCUT2D eigenvalue weighted by Gasteiger charge is -2.29. The van der Waals surface area contributed by atoms with Gasteiger partial charge in [-0.1, -0.05) is 6.92 Å². The van der Waals surface area contributed by atoms with Crippen molar-refractivity contribution >= 4 is 15.9 Å². The molecule has 1 saturated heterocycles. The van der Waals surface area contributed by atoms with E-state index in [1.165, 1.54) is 12.1 Å². The van der Waals surface area contributed by atoms with Crippen molar-refractivity contribution in [2.45, 2.75) is 26.1 Å². The standard InChI is InChI=1S/C13H16BrF2NO/c1-8-4-5-17-6-12(8)18-7-9-11(15)3-2-10(14)13(9)16/h2-3,8,12,17H,4-7H2,1H3. The highest BCUT2D eigenvalue weighted by atomic mass is 79.9. The van der Waals surface area contributed by atoms with Crippen LogP contribution in [-0.2, 0) is 11.3 Å². The Morgan fingerprint density at radius 2 is 2.22 bits per heavy atom. The summed E-state index contributed by atoms with van der Waals surface area (Å²) in [5.74, 6) is -0.733. The number of hydrogen-bond donors (Lipinski definition) is 1. The van der Waals surface area contributed by atoms with E-state index in [-0.39, 0.29) is 22.7 Å². The molecule has 0 aromatic heterocycles. The molecule has 0 saturated carbocycles. The SMILES string of the molecule is CC1CCNCC1OCc1c(F)ccc(Br)c1F. The molecule has 0 aliphatic carbocycles. The summed E-state index contributed by atoms with van der Waals surface area (Å²) in [6, 6.07) is 2.60. The van der Waals surface area contributed by atoms with Crippen LogP contribution in [0, 0.1) is 17.6 Å². The summed E-state index contributed by atoms with van der Waals surface area (Å²) in [6.07, 6.45) is 1.03. The number of rotatable bonds is 3. The number of ether oxygens (including phenoxy) is 1. The number of benzene rings is 1. The highest BCUT2D eigenvalue weighted by molar-refractivity contribution is 9.10. The zero-order valence-corrected chi connectivity index (χ0v) is 11.8. The van der Waals surface area contributed by atoms with Crippen LogP contribution in [0.3, 0.4) is 0 Å². The monoisotopic (exact) mass is 319 g/mol. The van der Waals surface area contributed by atoms with Crippen molar-refractivity contribution in [1.29, 1.82) is 0 Å². The molecule has 2 nitrogen and oxygen atoms in total. The van der Waals surface area contributed by atoms with Crippen LogP contribution >= 0.6 is 15.9 Å². The fraction of sp³-hybridized carbons (Fsp3) is 0.538. The van der Waals surface area contributed by atoms with Gasteiger partial charge in [0.05, 0.1) is 22.7 Å². The molecule has 1 heterocycles. The molecule has 100 valence electrons. The van der Waals surface area contributed by atoms with Crippen molar-refractivity contribution < 1.29 is 13.5 Å². The number of hydrogen-bond acceptors (Lipinski definition) is 2. The molecular weight excluding hydrogens is 304 g/mol. The smallest absolute Gasteiger partial charge is 0.145 e. The van der Waals surface area contributed by atoms with Gasteiger partial charge < -0.3 is 10.1 Å². The molecule has 5 heteroatoms. The molecule has 2 rings (SSSR count). The van der Waals surface area contributed by atoms with Crippen LogP contribution in [0.4, 0.5) is 8.78 Å². The van der Waals surface area contributed by atoms with E-state index in [9.17, 15) is 8.78 Å². The van der Waals surface area contributed by atoms with Crippen LogP contribution in [-0.4, -0.2) is 19.2 Å². The van der Waals surface area contributed by atoms with Gasteiger partial charge in [-0.3, -0.25) is 0 Å². The van der Waals surface area contributed by atoms with E-state index in [0.717, 1.165) is 19.5 Å². The summed E-state index contributed by atoms with van der Waals surface area (Å²) in [5.41, 5.74) is -0.0119. The van der Waals surface area contributed by atoms with Crippen molar-refractivity contribution in [3.05, 3.63) is 33.8 Å². The zero-order valence-electron chi connectivity index (χ0n) is 10.2. The topological polar surface area (TPSA) is 21.3 Å². The lowest BCUT2D eigenvalue weighted by atomic mass is 9.97. The molecule has 1 aromatic rings. The number of halogens is 3. The van der Waals surface area contributed by atoms with Gasteiger partial charge in [-0.05, 0) is 46.9 Å². The van der Waals surface area contributed by atoms with E-state index in [4.69, 9.17) is 4.74 Å². The van der Waals surface area contributed by atoms with Crippen molar-refractivity contribution in [3.63, 3.8) is 0 Å². The predicted molar refractivity (Wildman–Crippen MR) is 69.3 cm³/mol. The van der Waals surface area contributed by atoms with Crippen LogP contribution in [0.2, 0.25) is 0 Å². The molecule has 2 atom stereocenters. The molecule has 1 fully saturated rings. The van der Waals surface area contributed by atoms with Gasteiger partial charge in [-0.15, -0.1) is 0 Å². The van der Waals surface area contributed by atoms with Crippen LogP contribution in [0.5, 0.6) is 0 Å². The molecule has 1 aliphatic heterocycles. The van der Waals surface area contributed by atoms with Gasteiger partial charge in [0, 0.05) is 6.54 Å². The highest BCUT2D eigenvalue weighted by Crippen LogP contribution is 2.24. The number of nitrogens with one attached hydrogen (secondary N) is 1. The maximum Gasteiger partial charge on any atom is 0.145 e. The van der Waals surface area contributed by atoms with E-state index in [1.807, 2.05) is 0 Å². The second kappa shape index (κ2) is 6.08. The minimum atomic E-state index is -0.577. The molecule has 0 radical (unpaired) electrons. The minimum absolute atomic E-state index is 0.0107. The number of piperidine rings is 1. The normalized spacial score (nSPS) is 24.2. The van der Waals surface area contributed by atoms with Crippen molar-refractivity contribution in [2.75, 3.05) is 13.1 Å². The Kier molecular flexibility index (Phi) is 4.70. The molecule has 1 aliphatic rings. The fourth-order valence-electron chi connectivity index (χ4n) is 2.08. The summed E-state index contributed by atoms with van der Waals surface area (Å²) in [6.45, 7) is 3.77. The Balaban J connectivity index is 2.03. The van der Waals surface area contributed by atoms with Gasteiger partial charge in [0.1, 0.15) is 11.6 Å². The van der Waals surface area contributed by atoms with Gasteiger partial charge in [-0.25, -0.2) is 8.78 Å². The van der Waals surface area contributed by atoms with Crippen molar-refractivity contribution in [2.24, 2.45) is 5.92 Å². The third-order valence-corrected chi connectivity index (χ3v) is 3.95. The first kappa shape index (κ1) is 13.9. The largest absolute Gasteiger partial charge is 0.372 e. The van der Waals surface area contributed by atoms with Gasteiger partial charge in [-0.2, -0.15) is 0 Å². The zero-order chi connectivity index (χ0) is 13.1. The van der Waals surface area contributed by atoms with Crippen LogP contribution < -0.4 is 5.32 Å². The summed E-state index contributed by atoms with van der Waals surface area (Å²) in [7, 11) is 0. The van der Waals surface area contributed by atoms with Crippen LogP contribution in [0.1, 0.15) is 18.9 Å². The Hall–Kier alpha value is -0.520. The maximum absolute atomic E-state index is 13.7. The summed E-state index contributed by atoms with van der Waals surface area (Å²) in [4.78, 5) is 0. The third kappa shape index (κ3) is 3.08. The van der Waals surface area contributed by atoms with Gasteiger partial charge in [0.2, 0.25) is 0 Å². The first-order valence-corrected chi connectivity index (χ1v) is 6.83. The van der Waals surface area contributed by atoms with Gasteiger partial charge >= 0.3 is 0 Å². The van der Waals surface area contributed by atoms with Crippen LogP contribution in [0.15, 0.2) is 16.6 Å². The first-order chi connectivity index (χ1) is 8.59. The van der Waals surface area contributed by atoms with Gasteiger partial charge in [0.25, 0.3) is 0 Å². The lowest BCUT2D eigenvalue weighted by molar-refractivity contribution is -0.00885. The highest BCUT2D eigenvalue weighted by Gasteiger charge is 2.23. The summed E-state index contributed by atoms with van der Waals surface area (Å²) >= 11 is 3.05. The lowest BCUT2D eigenvalue weighted by Crippen LogP contribution is -2.41. The molecule has 0 spiro atoms. The Morgan fingerprint density at radius 3 is 2.94 bits per heavy atom. The van der Waals surface area contributed by atoms with E-state index < -0.39 is 11.6 Å². The van der Waals surface area contributed by atoms with Crippen LogP contribution in [0.25, 0.3) is 0 Å². The average molecular weight is 320 g/mol.